The smallest absolute Gasteiger partial charge is 0.374 e. The molecule has 2 atom stereocenters. The Morgan fingerprint density at radius 2 is 1.97 bits per heavy atom. The van der Waals surface area contributed by atoms with Gasteiger partial charge in [-0.15, -0.1) is 0 Å². The molecule has 0 saturated heterocycles. The van der Waals surface area contributed by atoms with Crippen molar-refractivity contribution in [3.8, 4) is 0 Å². The third kappa shape index (κ3) is 4.28. The number of fused-ring (bicyclic) bond motifs is 1. The van der Waals surface area contributed by atoms with Gasteiger partial charge >= 0.3 is 5.97 Å². The predicted octanol–water partition coefficient (Wildman–Crippen LogP) is 5.50. The monoisotopic (exact) mass is 477 g/mol. The van der Waals surface area contributed by atoms with E-state index in [1.54, 1.807) is 0 Å². The lowest BCUT2D eigenvalue weighted by atomic mass is 10.1. The third-order valence-corrected chi connectivity index (χ3v) is 7.05. The molecule has 176 valence electrons. The second kappa shape index (κ2) is 8.80. The van der Waals surface area contributed by atoms with Gasteiger partial charge in [-0.2, -0.15) is 0 Å². The number of hydrogen-bond acceptors (Lipinski definition) is 6. The van der Waals surface area contributed by atoms with Crippen LogP contribution in [0.1, 0.15) is 53.2 Å². The van der Waals surface area contributed by atoms with Crippen LogP contribution in [0.3, 0.4) is 0 Å². The van der Waals surface area contributed by atoms with Crippen molar-refractivity contribution in [1.29, 1.82) is 0 Å². The van der Waals surface area contributed by atoms with Crippen molar-refractivity contribution < 1.29 is 9.90 Å². The average Bonchev–Trinajstić information content (AvgIpc) is 3.61. The molecule has 2 N–H and O–H groups in total. The predicted molar refractivity (Wildman–Crippen MR) is 135 cm³/mol. The van der Waals surface area contributed by atoms with Crippen LogP contribution in [0, 0.1) is 12.8 Å². The van der Waals surface area contributed by atoms with E-state index in [0.29, 0.717) is 29.1 Å². The summed E-state index contributed by atoms with van der Waals surface area (Å²) in [6, 6.07) is 16.3. The molecule has 1 saturated carbocycles. The third-order valence-electron chi connectivity index (χ3n) is 6.80. The quantitative estimate of drug-likeness (QED) is 0.464. The lowest BCUT2D eigenvalue weighted by molar-refractivity contribution is 0.0683. The Balaban J connectivity index is 1.64. The lowest BCUT2D eigenvalue weighted by Gasteiger charge is -2.32. The Labute approximate surface area is 204 Å². The maximum atomic E-state index is 11.9. The minimum Gasteiger partial charge on any atom is -0.475 e. The van der Waals surface area contributed by atoms with Gasteiger partial charge in [-0.25, -0.2) is 14.8 Å². The summed E-state index contributed by atoms with van der Waals surface area (Å²) in [6.07, 6.45) is 2.15. The summed E-state index contributed by atoms with van der Waals surface area (Å²) >= 11 is 6.13. The fraction of sp³-hybridized carbons (Fsp3) is 0.346. The molecule has 2 unspecified atom stereocenters. The minimum absolute atomic E-state index is 0.201. The molecule has 0 bridgehead atoms. The van der Waals surface area contributed by atoms with Crippen LogP contribution in [0.5, 0.6) is 0 Å². The summed E-state index contributed by atoms with van der Waals surface area (Å²) in [7, 11) is 2.00. The number of aryl methyl sites for hydroxylation is 1. The molecule has 2 aliphatic rings. The van der Waals surface area contributed by atoms with E-state index in [1.807, 2.05) is 37.4 Å². The lowest BCUT2D eigenvalue weighted by Crippen LogP contribution is -2.34. The number of benzene rings is 2. The number of carboxylic acid groups (broad SMARTS) is 1. The first-order valence-corrected chi connectivity index (χ1v) is 11.9. The highest BCUT2D eigenvalue weighted by Crippen LogP contribution is 2.47. The van der Waals surface area contributed by atoms with Gasteiger partial charge < -0.3 is 20.2 Å². The number of nitrogens with zero attached hydrogens (tertiary/aromatic N) is 4. The van der Waals surface area contributed by atoms with Crippen LogP contribution in [-0.4, -0.2) is 34.1 Å². The standard InChI is InChI=1S/C26H28ClN5O2/c1-15-5-4-6-19(13-15)24-29-22-21(32(24)14-17-7-11-20(27)12-8-17)25(30-23(28-22)26(33)34)31(3)16(2)18-9-10-18/h4-8,11-13,16,18,24H,9-10,14H2,1-3H3,(H,33,34)(H,28,29,30). The first kappa shape index (κ1) is 22.5. The van der Waals surface area contributed by atoms with E-state index >= 15 is 0 Å². The van der Waals surface area contributed by atoms with Crippen LogP contribution >= 0.6 is 11.6 Å². The number of aromatic nitrogens is 2. The summed E-state index contributed by atoms with van der Waals surface area (Å²) < 4.78 is 0. The summed E-state index contributed by atoms with van der Waals surface area (Å²) in [6.45, 7) is 4.83. The first-order chi connectivity index (χ1) is 16.3. The van der Waals surface area contributed by atoms with Gasteiger partial charge in [0.05, 0.1) is 0 Å². The van der Waals surface area contributed by atoms with E-state index in [1.165, 1.54) is 12.8 Å². The molecule has 1 fully saturated rings. The van der Waals surface area contributed by atoms with E-state index in [4.69, 9.17) is 11.6 Å². The normalized spacial score (nSPS) is 17.8. The molecule has 1 aliphatic carbocycles. The van der Waals surface area contributed by atoms with Gasteiger partial charge in [0, 0.05) is 24.7 Å². The largest absolute Gasteiger partial charge is 0.475 e. The zero-order valence-corrected chi connectivity index (χ0v) is 20.3. The summed E-state index contributed by atoms with van der Waals surface area (Å²) in [5, 5.41) is 13.9. The minimum atomic E-state index is -1.14. The highest BCUT2D eigenvalue weighted by atomic mass is 35.5. The van der Waals surface area contributed by atoms with Crippen LogP contribution in [-0.2, 0) is 6.54 Å². The molecule has 0 amide bonds. The number of rotatable bonds is 7. The summed E-state index contributed by atoms with van der Waals surface area (Å²) in [4.78, 5) is 25.2. The van der Waals surface area contributed by atoms with Crippen molar-refractivity contribution in [1.82, 2.24) is 9.97 Å². The Hall–Kier alpha value is -3.32. The fourth-order valence-corrected chi connectivity index (χ4v) is 4.76. The van der Waals surface area contributed by atoms with Gasteiger partial charge in [-0.3, -0.25) is 0 Å². The van der Waals surface area contributed by atoms with Gasteiger partial charge in [0.2, 0.25) is 5.82 Å². The number of carbonyl (C=O) groups is 1. The van der Waals surface area contributed by atoms with Crippen LogP contribution < -0.4 is 15.1 Å². The molecular formula is C26H28ClN5O2. The second-order valence-corrected chi connectivity index (χ2v) is 9.71. The molecule has 5 rings (SSSR count). The molecule has 1 aliphatic heterocycles. The van der Waals surface area contributed by atoms with E-state index < -0.39 is 5.97 Å². The van der Waals surface area contributed by atoms with Crippen molar-refractivity contribution in [3.05, 3.63) is 76.1 Å². The van der Waals surface area contributed by atoms with Crippen LogP contribution in [0.25, 0.3) is 0 Å². The highest BCUT2D eigenvalue weighted by molar-refractivity contribution is 6.30. The molecule has 0 radical (unpaired) electrons. The molecule has 3 aromatic rings. The zero-order chi connectivity index (χ0) is 24.0. The van der Waals surface area contributed by atoms with Gasteiger partial charge in [-0.05, 0) is 55.9 Å². The highest BCUT2D eigenvalue weighted by Gasteiger charge is 2.39. The molecular weight excluding hydrogens is 450 g/mol. The van der Waals surface area contributed by atoms with Crippen molar-refractivity contribution in [3.63, 3.8) is 0 Å². The maximum absolute atomic E-state index is 11.9. The Kier molecular flexibility index (Phi) is 5.81. The van der Waals surface area contributed by atoms with Crippen molar-refractivity contribution in [2.45, 2.75) is 45.4 Å². The SMILES string of the molecule is Cc1cccc(C2Nc3nc(C(=O)O)nc(N(C)C(C)C4CC4)c3N2Cc2ccc(Cl)cc2)c1. The van der Waals surface area contributed by atoms with E-state index in [2.05, 4.69) is 57.1 Å². The van der Waals surface area contributed by atoms with E-state index in [-0.39, 0.29) is 18.0 Å². The topological polar surface area (TPSA) is 81.6 Å². The van der Waals surface area contributed by atoms with Gasteiger partial charge in [0.25, 0.3) is 0 Å². The maximum Gasteiger partial charge on any atom is 0.374 e. The second-order valence-electron chi connectivity index (χ2n) is 9.28. The summed E-state index contributed by atoms with van der Waals surface area (Å²) in [5.41, 5.74) is 4.13. The molecule has 8 heteroatoms. The van der Waals surface area contributed by atoms with Crippen LogP contribution in [0.2, 0.25) is 5.02 Å². The fourth-order valence-electron chi connectivity index (χ4n) is 4.63. The van der Waals surface area contributed by atoms with Gasteiger partial charge in [0.1, 0.15) is 11.9 Å². The van der Waals surface area contributed by atoms with Gasteiger partial charge in [0.15, 0.2) is 11.6 Å². The number of anilines is 3. The van der Waals surface area contributed by atoms with Crippen molar-refractivity contribution in [2.75, 3.05) is 22.2 Å². The average molecular weight is 478 g/mol. The first-order valence-electron chi connectivity index (χ1n) is 11.5. The number of carboxylic acids is 1. The van der Waals surface area contributed by atoms with E-state index in [0.717, 1.165) is 22.4 Å². The number of nitrogens with one attached hydrogen (secondary N) is 1. The molecule has 34 heavy (non-hydrogen) atoms. The number of halogens is 1. The van der Waals surface area contributed by atoms with Gasteiger partial charge in [-0.1, -0.05) is 53.6 Å². The number of hydrogen-bond donors (Lipinski definition) is 2. The summed E-state index contributed by atoms with van der Waals surface area (Å²) in [5.74, 6) is 0.431. The Morgan fingerprint density at radius 3 is 2.62 bits per heavy atom. The Bertz CT molecular complexity index is 1230. The van der Waals surface area contributed by atoms with Crippen LogP contribution in [0.4, 0.5) is 17.3 Å². The molecule has 7 nitrogen and oxygen atoms in total. The zero-order valence-electron chi connectivity index (χ0n) is 19.5. The number of aromatic carboxylic acids is 1. The molecule has 2 aromatic carbocycles. The molecule has 0 spiro atoms. The molecule has 1 aromatic heterocycles. The van der Waals surface area contributed by atoms with Crippen molar-refractivity contribution >= 4 is 34.9 Å². The van der Waals surface area contributed by atoms with E-state index in [9.17, 15) is 9.90 Å². The van der Waals surface area contributed by atoms with Crippen LogP contribution in [0.15, 0.2) is 48.5 Å². The molecule has 2 heterocycles. The van der Waals surface area contributed by atoms with Crippen molar-refractivity contribution in [2.24, 2.45) is 5.92 Å². The Morgan fingerprint density at radius 1 is 1.24 bits per heavy atom.